The molecule has 0 unspecified atom stereocenters. The minimum atomic E-state index is 0.831. The fourth-order valence-corrected chi connectivity index (χ4v) is 3.06. The quantitative estimate of drug-likeness (QED) is 0.700. The van der Waals surface area contributed by atoms with Crippen LogP contribution in [0.4, 0.5) is 0 Å². The topological polar surface area (TPSA) is 29.3 Å². The van der Waals surface area contributed by atoms with Gasteiger partial charge in [-0.2, -0.15) is 0 Å². The van der Waals surface area contributed by atoms with Gasteiger partial charge in [0.15, 0.2) is 0 Å². The molecule has 2 aliphatic rings. The van der Waals surface area contributed by atoms with Crippen molar-refractivity contribution in [3.63, 3.8) is 0 Å². The zero-order chi connectivity index (χ0) is 9.10. The van der Waals surface area contributed by atoms with Crippen molar-refractivity contribution in [2.45, 2.75) is 32.1 Å². The molecule has 0 bridgehead atoms. The highest BCUT2D eigenvalue weighted by atomic mass is 15.1. The van der Waals surface area contributed by atoms with E-state index in [0.717, 1.165) is 24.9 Å². The van der Waals surface area contributed by atoms with E-state index < -0.39 is 0 Å². The highest BCUT2D eigenvalue weighted by Crippen LogP contribution is 2.35. The lowest BCUT2D eigenvalue weighted by Gasteiger charge is -2.41. The number of nitrogens with two attached hydrogens (primary N) is 1. The van der Waals surface area contributed by atoms with E-state index in [1.54, 1.807) is 0 Å². The minimum Gasteiger partial charge on any atom is -0.329 e. The van der Waals surface area contributed by atoms with Crippen molar-refractivity contribution in [3.8, 4) is 0 Å². The molecule has 2 nitrogen and oxygen atoms in total. The summed E-state index contributed by atoms with van der Waals surface area (Å²) in [4.78, 5) is 2.56. The van der Waals surface area contributed by atoms with Crippen LogP contribution in [0, 0.1) is 11.8 Å². The number of hydrogen-bond acceptors (Lipinski definition) is 2. The van der Waals surface area contributed by atoms with Crippen molar-refractivity contribution < 1.29 is 0 Å². The van der Waals surface area contributed by atoms with Crippen LogP contribution in [-0.2, 0) is 0 Å². The van der Waals surface area contributed by atoms with Gasteiger partial charge in [-0.3, -0.25) is 0 Å². The second kappa shape index (κ2) is 4.43. The SMILES string of the molecule is NCCN1CC[C@H]2CCCC[C@@H]2C1. The van der Waals surface area contributed by atoms with E-state index in [1.165, 1.54) is 45.2 Å². The molecule has 1 aliphatic carbocycles. The van der Waals surface area contributed by atoms with Gasteiger partial charge < -0.3 is 10.6 Å². The molecular weight excluding hydrogens is 160 g/mol. The van der Waals surface area contributed by atoms with Crippen LogP contribution in [0.25, 0.3) is 0 Å². The third-order valence-corrected chi connectivity index (χ3v) is 3.82. The van der Waals surface area contributed by atoms with Crippen LogP contribution < -0.4 is 5.73 Å². The standard InChI is InChI=1S/C11H22N2/c12-6-8-13-7-5-10-3-1-2-4-11(10)9-13/h10-11H,1-9,12H2/t10-,11-/m1/s1. The van der Waals surface area contributed by atoms with Gasteiger partial charge in [-0.05, 0) is 31.2 Å². The summed E-state index contributed by atoms with van der Waals surface area (Å²) in [5, 5.41) is 0. The van der Waals surface area contributed by atoms with Gasteiger partial charge >= 0.3 is 0 Å². The highest BCUT2D eigenvalue weighted by Gasteiger charge is 2.30. The van der Waals surface area contributed by atoms with Gasteiger partial charge in [0.1, 0.15) is 0 Å². The maximum Gasteiger partial charge on any atom is 0.0105 e. The van der Waals surface area contributed by atoms with Crippen LogP contribution in [0.2, 0.25) is 0 Å². The van der Waals surface area contributed by atoms with E-state index in [2.05, 4.69) is 4.90 Å². The van der Waals surface area contributed by atoms with Gasteiger partial charge in [-0.15, -0.1) is 0 Å². The number of likely N-dealkylation sites (tertiary alicyclic amines) is 1. The number of rotatable bonds is 2. The summed E-state index contributed by atoms with van der Waals surface area (Å²) in [5.74, 6) is 2.07. The Bertz CT molecular complexity index is 158. The zero-order valence-electron chi connectivity index (χ0n) is 8.54. The summed E-state index contributed by atoms with van der Waals surface area (Å²) in [5.41, 5.74) is 5.59. The van der Waals surface area contributed by atoms with Gasteiger partial charge in [-0.1, -0.05) is 19.3 Å². The van der Waals surface area contributed by atoms with Gasteiger partial charge in [-0.25, -0.2) is 0 Å². The van der Waals surface area contributed by atoms with E-state index in [9.17, 15) is 0 Å². The monoisotopic (exact) mass is 182 g/mol. The van der Waals surface area contributed by atoms with E-state index in [-0.39, 0.29) is 0 Å². The van der Waals surface area contributed by atoms with E-state index in [4.69, 9.17) is 5.73 Å². The molecule has 0 aromatic carbocycles. The molecule has 0 aromatic rings. The van der Waals surface area contributed by atoms with Crippen LogP contribution in [0.3, 0.4) is 0 Å². The molecule has 0 amide bonds. The second-order valence-corrected chi connectivity index (χ2v) is 4.68. The van der Waals surface area contributed by atoms with Crippen molar-refractivity contribution >= 4 is 0 Å². The Kier molecular flexibility index (Phi) is 3.23. The third kappa shape index (κ3) is 2.23. The van der Waals surface area contributed by atoms with Crippen LogP contribution in [0.1, 0.15) is 32.1 Å². The first-order valence-corrected chi connectivity index (χ1v) is 5.82. The lowest BCUT2D eigenvalue weighted by Crippen LogP contribution is -2.43. The maximum atomic E-state index is 5.59. The second-order valence-electron chi connectivity index (χ2n) is 4.68. The molecular formula is C11H22N2. The molecule has 1 saturated carbocycles. The average Bonchev–Trinajstić information content (AvgIpc) is 2.18. The molecule has 76 valence electrons. The first kappa shape index (κ1) is 9.47. The smallest absolute Gasteiger partial charge is 0.0105 e. The summed E-state index contributed by atoms with van der Waals surface area (Å²) < 4.78 is 0. The largest absolute Gasteiger partial charge is 0.329 e. The molecule has 2 atom stereocenters. The van der Waals surface area contributed by atoms with Crippen LogP contribution in [0.5, 0.6) is 0 Å². The van der Waals surface area contributed by atoms with E-state index >= 15 is 0 Å². The fourth-order valence-electron chi connectivity index (χ4n) is 3.06. The summed E-state index contributed by atoms with van der Waals surface area (Å²) in [7, 11) is 0. The van der Waals surface area contributed by atoms with Crippen molar-refractivity contribution in [2.24, 2.45) is 17.6 Å². The van der Waals surface area contributed by atoms with E-state index in [1.807, 2.05) is 0 Å². The summed E-state index contributed by atoms with van der Waals surface area (Å²) in [6.45, 7) is 4.58. The number of nitrogens with zero attached hydrogens (tertiary/aromatic N) is 1. The Balaban J connectivity index is 1.84. The predicted octanol–water partition coefficient (Wildman–Crippen LogP) is 1.46. The summed E-state index contributed by atoms with van der Waals surface area (Å²) >= 11 is 0. The highest BCUT2D eigenvalue weighted by molar-refractivity contribution is 4.83. The normalized spacial score (nSPS) is 35.8. The molecule has 1 saturated heterocycles. The third-order valence-electron chi connectivity index (χ3n) is 3.82. The number of fused-ring (bicyclic) bond motifs is 1. The average molecular weight is 182 g/mol. The first-order chi connectivity index (χ1) is 6.40. The van der Waals surface area contributed by atoms with Crippen LogP contribution in [-0.4, -0.2) is 31.1 Å². The molecule has 2 heteroatoms. The van der Waals surface area contributed by atoms with Crippen molar-refractivity contribution in [1.29, 1.82) is 0 Å². The lowest BCUT2D eigenvalue weighted by molar-refractivity contribution is 0.0891. The Hall–Kier alpha value is -0.0800. The van der Waals surface area contributed by atoms with Crippen LogP contribution in [0.15, 0.2) is 0 Å². The van der Waals surface area contributed by atoms with Gasteiger partial charge in [0.05, 0.1) is 0 Å². The summed E-state index contributed by atoms with van der Waals surface area (Å²) in [6.07, 6.45) is 7.37. The van der Waals surface area contributed by atoms with Crippen molar-refractivity contribution in [2.75, 3.05) is 26.2 Å². The molecule has 1 heterocycles. The lowest BCUT2D eigenvalue weighted by atomic mass is 9.75. The van der Waals surface area contributed by atoms with Gasteiger partial charge in [0, 0.05) is 19.6 Å². The Morgan fingerprint density at radius 2 is 1.85 bits per heavy atom. The van der Waals surface area contributed by atoms with Gasteiger partial charge in [0.25, 0.3) is 0 Å². The molecule has 0 radical (unpaired) electrons. The molecule has 1 aliphatic heterocycles. The maximum absolute atomic E-state index is 5.59. The number of piperidine rings is 1. The molecule has 2 fully saturated rings. The van der Waals surface area contributed by atoms with Crippen molar-refractivity contribution in [1.82, 2.24) is 4.90 Å². The molecule has 0 aromatic heterocycles. The Morgan fingerprint density at radius 3 is 2.62 bits per heavy atom. The summed E-state index contributed by atoms with van der Waals surface area (Å²) in [6, 6.07) is 0. The van der Waals surface area contributed by atoms with Gasteiger partial charge in [0.2, 0.25) is 0 Å². The minimum absolute atomic E-state index is 0.831. The molecule has 13 heavy (non-hydrogen) atoms. The first-order valence-electron chi connectivity index (χ1n) is 5.82. The Labute approximate surface area is 81.5 Å². The molecule has 0 spiro atoms. The fraction of sp³-hybridized carbons (Fsp3) is 1.00. The predicted molar refractivity (Wildman–Crippen MR) is 55.6 cm³/mol. The van der Waals surface area contributed by atoms with Crippen molar-refractivity contribution in [3.05, 3.63) is 0 Å². The Morgan fingerprint density at radius 1 is 1.08 bits per heavy atom. The van der Waals surface area contributed by atoms with Crippen LogP contribution >= 0.6 is 0 Å². The number of hydrogen-bond donors (Lipinski definition) is 1. The van der Waals surface area contributed by atoms with E-state index in [0.29, 0.717) is 0 Å². The molecule has 2 N–H and O–H groups in total. The zero-order valence-corrected chi connectivity index (χ0v) is 8.54. The molecule has 2 rings (SSSR count).